The number of halogens is 2. The fourth-order valence-electron chi connectivity index (χ4n) is 3.89. The van der Waals surface area contributed by atoms with Gasteiger partial charge in [-0.2, -0.15) is 14.0 Å². The van der Waals surface area contributed by atoms with E-state index in [1.807, 2.05) is 48.5 Å². The van der Waals surface area contributed by atoms with E-state index in [2.05, 4.69) is 10.2 Å². The maximum Gasteiger partial charge on any atom is 0.314 e. The van der Waals surface area contributed by atoms with E-state index in [-0.39, 0.29) is 18.4 Å². The van der Waals surface area contributed by atoms with Crippen LogP contribution in [0.15, 0.2) is 71.1 Å². The minimum Gasteiger partial charge on any atom is -0.479 e. The predicted molar refractivity (Wildman–Crippen MR) is 118 cm³/mol. The van der Waals surface area contributed by atoms with Crippen LogP contribution in [0, 0.1) is 11.3 Å². The second-order valence-corrected chi connectivity index (χ2v) is 7.50. The number of aromatic nitrogens is 2. The molecule has 9 heteroatoms. The fourth-order valence-corrected chi connectivity index (χ4v) is 3.89. The van der Waals surface area contributed by atoms with Gasteiger partial charge in [-0.3, -0.25) is 4.79 Å². The highest BCUT2D eigenvalue weighted by Crippen LogP contribution is 2.38. The van der Waals surface area contributed by atoms with Crippen molar-refractivity contribution in [1.82, 2.24) is 10.2 Å². The van der Waals surface area contributed by atoms with Crippen LogP contribution in [0.5, 0.6) is 5.75 Å². The number of nitriles is 1. The summed E-state index contributed by atoms with van der Waals surface area (Å²) in [5.74, 6) is -0.510. The molecule has 0 saturated carbocycles. The van der Waals surface area contributed by atoms with Crippen molar-refractivity contribution >= 4 is 11.6 Å². The summed E-state index contributed by atoms with van der Waals surface area (Å²) in [4.78, 5) is 15.0. The lowest BCUT2D eigenvalue weighted by molar-refractivity contribution is 0.0996. The molecule has 0 spiro atoms. The molecule has 0 saturated heterocycles. The van der Waals surface area contributed by atoms with Crippen molar-refractivity contribution in [1.29, 1.82) is 5.26 Å². The van der Waals surface area contributed by atoms with Gasteiger partial charge in [-0.25, -0.2) is 0 Å². The number of ether oxygens (including phenoxy) is 1. The Morgan fingerprint density at radius 1 is 1.03 bits per heavy atom. The van der Waals surface area contributed by atoms with Gasteiger partial charge in [0.1, 0.15) is 11.8 Å². The maximum atomic E-state index is 13.4. The smallest absolute Gasteiger partial charge is 0.314 e. The quantitative estimate of drug-likeness (QED) is 0.384. The lowest BCUT2D eigenvalue weighted by Gasteiger charge is -2.20. The lowest BCUT2D eigenvalue weighted by atomic mass is 10.0. The molecule has 0 radical (unpaired) electrons. The van der Waals surface area contributed by atoms with Crippen LogP contribution in [-0.4, -0.2) is 22.7 Å². The normalized spacial score (nSPS) is 12.6. The van der Waals surface area contributed by atoms with Gasteiger partial charge in [0.25, 0.3) is 11.8 Å². The highest BCUT2D eigenvalue weighted by atomic mass is 19.3. The average Bonchev–Trinajstić information content (AvgIpc) is 3.48. The van der Waals surface area contributed by atoms with Crippen LogP contribution in [0.25, 0.3) is 22.6 Å². The average molecular weight is 458 g/mol. The third kappa shape index (κ3) is 3.86. The van der Waals surface area contributed by atoms with Crippen molar-refractivity contribution < 1.29 is 22.7 Å². The van der Waals surface area contributed by atoms with Crippen LogP contribution in [-0.2, 0) is 6.54 Å². The van der Waals surface area contributed by atoms with E-state index in [9.17, 15) is 13.6 Å². The number of hydrogen-bond acceptors (Lipinski definition) is 6. The molecule has 4 aromatic rings. The van der Waals surface area contributed by atoms with Crippen molar-refractivity contribution in [2.45, 2.75) is 13.0 Å². The summed E-state index contributed by atoms with van der Waals surface area (Å²) >= 11 is 0. The van der Waals surface area contributed by atoms with E-state index in [1.165, 1.54) is 0 Å². The molecule has 0 fully saturated rings. The van der Waals surface area contributed by atoms with Gasteiger partial charge in [-0.05, 0) is 41.5 Å². The van der Waals surface area contributed by atoms with Gasteiger partial charge in [-0.1, -0.05) is 36.4 Å². The molecule has 1 amide bonds. The van der Waals surface area contributed by atoms with Crippen LogP contribution >= 0.6 is 0 Å². The fraction of sp³-hybridized carbons (Fsp3) is 0.120. The standard InChI is InChI=1S/C25H16F2N4O3/c26-22(27)24-30-29-23(34-24)16-8-9-17-14-31(25(32)20(17)13-16)21-7-2-1-6-19(21)15-4-3-5-18(12-15)33-11-10-28/h1-9,12-13,22H,11,14H2. The molecule has 7 nitrogen and oxygen atoms in total. The number of hydrogen-bond donors (Lipinski definition) is 0. The monoisotopic (exact) mass is 458 g/mol. The largest absolute Gasteiger partial charge is 0.479 e. The van der Waals surface area contributed by atoms with E-state index in [4.69, 9.17) is 14.4 Å². The first-order chi connectivity index (χ1) is 16.5. The summed E-state index contributed by atoms with van der Waals surface area (Å²) in [6, 6.07) is 21.7. The van der Waals surface area contributed by atoms with Crippen molar-refractivity contribution in [3.8, 4) is 34.4 Å². The summed E-state index contributed by atoms with van der Waals surface area (Å²) in [5.41, 5.74) is 3.99. The molecular weight excluding hydrogens is 442 g/mol. The molecule has 1 aliphatic rings. The van der Waals surface area contributed by atoms with Crippen molar-refractivity contribution in [2.24, 2.45) is 0 Å². The Labute approximate surface area is 192 Å². The Morgan fingerprint density at radius 3 is 2.68 bits per heavy atom. The molecule has 0 aliphatic carbocycles. The molecular formula is C25H16F2N4O3. The Kier molecular flexibility index (Phi) is 5.47. The number of benzene rings is 3. The molecule has 5 rings (SSSR count). The minimum atomic E-state index is -2.87. The molecule has 2 heterocycles. The van der Waals surface area contributed by atoms with E-state index in [1.54, 1.807) is 29.2 Å². The molecule has 34 heavy (non-hydrogen) atoms. The molecule has 1 aliphatic heterocycles. The van der Waals surface area contributed by atoms with Gasteiger partial charge in [0.2, 0.25) is 5.89 Å². The number of carbonyl (C=O) groups excluding carboxylic acids is 1. The number of para-hydroxylation sites is 1. The first kappa shape index (κ1) is 21.3. The number of fused-ring (bicyclic) bond motifs is 1. The third-order valence-electron chi connectivity index (χ3n) is 5.43. The highest BCUT2D eigenvalue weighted by Gasteiger charge is 2.31. The lowest BCUT2D eigenvalue weighted by Crippen LogP contribution is -2.23. The topological polar surface area (TPSA) is 92.2 Å². The van der Waals surface area contributed by atoms with E-state index >= 15 is 0 Å². The number of rotatable bonds is 6. The van der Waals surface area contributed by atoms with Crippen molar-refractivity contribution in [2.75, 3.05) is 11.5 Å². The van der Waals surface area contributed by atoms with Gasteiger partial charge in [0.15, 0.2) is 6.61 Å². The Morgan fingerprint density at radius 2 is 1.88 bits per heavy atom. The van der Waals surface area contributed by atoms with Gasteiger partial charge in [0, 0.05) is 16.7 Å². The number of carbonyl (C=O) groups is 1. The zero-order chi connectivity index (χ0) is 23.7. The summed E-state index contributed by atoms with van der Waals surface area (Å²) in [7, 11) is 0. The Hall–Kier alpha value is -4.58. The summed E-state index contributed by atoms with van der Waals surface area (Å²) < 4.78 is 36.0. The van der Waals surface area contributed by atoms with E-state index < -0.39 is 12.3 Å². The molecule has 168 valence electrons. The van der Waals surface area contributed by atoms with Gasteiger partial charge < -0.3 is 14.1 Å². The molecule has 0 bridgehead atoms. The van der Waals surface area contributed by atoms with Gasteiger partial charge in [0.05, 0.1) is 12.2 Å². The Bertz CT molecular complexity index is 1430. The molecule has 0 N–H and O–H groups in total. The van der Waals surface area contributed by atoms with Crippen LogP contribution in [0.2, 0.25) is 0 Å². The number of alkyl halides is 2. The van der Waals surface area contributed by atoms with Crippen LogP contribution < -0.4 is 9.64 Å². The zero-order valence-corrected chi connectivity index (χ0v) is 17.6. The minimum absolute atomic E-state index is 0.0633. The predicted octanol–water partition coefficient (Wildman–Crippen LogP) is 5.40. The SMILES string of the molecule is N#CCOc1cccc(-c2ccccc2N2Cc3ccc(-c4nnc(C(F)F)o4)cc3C2=O)c1. The van der Waals surface area contributed by atoms with E-state index in [0.29, 0.717) is 29.1 Å². The third-order valence-corrected chi connectivity index (χ3v) is 5.43. The molecule has 0 unspecified atom stereocenters. The summed E-state index contributed by atoms with van der Waals surface area (Å²) in [6.45, 7) is 0.286. The maximum absolute atomic E-state index is 13.4. The Balaban J connectivity index is 1.48. The zero-order valence-electron chi connectivity index (χ0n) is 17.6. The van der Waals surface area contributed by atoms with Crippen LogP contribution in [0.1, 0.15) is 28.2 Å². The first-order valence-electron chi connectivity index (χ1n) is 10.3. The van der Waals surface area contributed by atoms with Crippen LogP contribution in [0.3, 0.4) is 0 Å². The number of nitrogens with zero attached hydrogens (tertiary/aromatic N) is 4. The first-order valence-corrected chi connectivity index (χ1v) is 10.3. The van der Waals surface area contributed by atoms with Crippen LogP contribution in [0.4, 0.5) is 14.5 Å². The van der Waals surface area contributed by atoms with E-state index in [0.717, 1.165) is 16.7 Å². The summed E-state index contributed by atoms with van der Waals surface area (Å²) in [6.07, 6.45) is -2.87. The highest BCUT2D eigenvalue weighted by molar-refractivity contribution is 6.12. The van der Waals surface area contributed by atoms with Gasteiger partial charge in [-0.15, -0.1) is 10.2 Å². The molecule has 3 aromatic carbocycles. The van der Waals surface area contributed by atoms with Gasteiger partial charge >= 0.3 is 6.43 Å². The number of anilines is 1. The van der Waals surface area contributed by atoms with Crippen molar-refractivity contribution in [3.05, 3.63) is 83.7 Å². The molecule has 0 atom stereocenters. The molecule has 1 aromatic heterocycles. The second-order valence-electron chi connectivity index (χ2n) is 7.50. The number of amides is 1. The van der Waals surface area contributed by atoms with Crippen molar-refractivity contribution in [3.63, 3.8) is 0 Å². The second kappa shape index (κ2) is 8.75. The summed E-state index contributed by atoms with van der Waals surface area (Å²) in [5, 5.41) is 15.8.